The van der Waals surface area contributed by atoms with E-state index >= 15 is 0 Å². The minimum atomic E-state index is -1.51. The van der Waals surface area contributed by atoms with Crippen molar-refractivity contribution in [2.75, 3.05) is 47.5 Å². The molecule has 0 rings (SSSR count). The van der Waals surface area contributed by atoms with E-state index in [2.05, 4.69) is 26.0 Å². The molecule has 2 unspecified atom stereocenters. The number of rotatable bonds is 76. The maximum absolute atomic E-state index is 13.0. The number of likely N-dealkylation sites (N-methyl/N-ethyl adjacent to an activating group) is 1. The summed E-state index contributed by atoms with van der Waals surface area (Å²) in [5.41, 5.74) is 0. The lowest BCUT2D eigenvalue weighted by Gasteiger charge is -2.25. The van der Waals surface area contributed by atoms with Crippen LogP contribution in [0.1, 0.15) is 425 Å². The Morgan fingerprint density at radius 2 is 0.573 bits per heavy atom. The molecule has 0 spiro atoms. The number of allylic oxidation sites excluding steroid dienone is 2. The van der Waals surface area contributed by atoms with Crippen LogP contribution >= 0.6 is 0 Å². The van der Waals surface area contributed by atoms with Gasteiger partial charge in [-0.2, -0.15) is 0 Å². The number of ether oxygens (including phenoxy) is 4. The van der Waals surface area contributed by atoms with E-state index in [1.807, 2.05) is 21.1 Å². The smallest absolute Gasteiger partial charge is 0.361 e. The van der Waals surface area contributed by atoms with Crippen LogP contribution in [-0.2, 0) is 33.3 Å². The van der Waals surface area contributed by atoms with Crippen LogP contribution in [0.5, 0.6) is 0 Å². The van der Waals surface area contributed by atoms with Crippen LogP contribution in [0.4, 0.5) is 0 Å². The lowest BCUT2D eigenvalue weighted by Crippen LogP contribution is -2.40. The molecule has 0 saturated heterocycles. The molecule has 528 valence electrons. The molecule has 0 heterocycles. The molecule has 9 nitrogen and oxygen atoms in total. The number of nitrogens with zero attached hydrogens (tertiary/aromatic N) is 1. The van der Waals surface area contributed by atoms with Gasteiger partial charge in [0.25, 0.3) is 6.29 Å². The average Bonchev–Trinajstić information content (AvgIpc) is 3.64. The topological polar surface area (TPSA) is 108 Å². The van der Waals surface area contributed by atoms with Crippen molar-refractivity contribution in [1.29, 1.82) is 0 Å². The summed E-state index contributed by atoms with van der Waals surface area (Å²) < 4.78 is 23.1. The Labute approximate surface area is 555 Å². The fourth-order valence-corrected chi connectivity index (χ4v) is 12.4. The quantitative estimate of drug-likeness (QED) is 0.0211. The Bertz CT molecular complexity index is 1460. The molecule has 0 aromatic heterocycles. The highest BCUT2D eigenvalue weighted by Gasteiger charge is 2.25. The van der Waals surface area contributed by atoms with E-state index in [9.17, 15) is 19.5 Å². The van der Waals surface area contributed by atoms with Crippen molar-refractivity contribution >= 4 is 17.9 Å². The molecule has 0 saturated carbocycles. The number of aliphatic carboxylic acids is 1. The van der Waals surface area contributed by atoms with Crippen molar-refractivity contribution in [3.63, 3.8) is 0 Å². The second-order valence-electron chi connectivity index (χ2n) is 28.7. The highest BCUT2D eigenvalue weighted by molar-refractivity contribution is 5.71. The highest BCUT2D eigenvalue weighted by atomic mass is 16.7. The van der Waals surface area contributed by atoms with E-state index < -0.39 is 18.4 Å². The molecule has 0 aliphatic rings. The van der Waals surface area contributed by atoms with E-state index in [1.165, 1.54) is 360 Å². The van der Waals surface area contributed by atoms with Crippen LogP contribution in [0, 0.1) is 0 Å². The van der Waals surface area contributed by atoms with Crippen molar-refractivity contribution in [2.24, 2.45) is 0 Å². The maximum atomic E-state index is 13.0. The third-order valence-corrected chi connectivity index (χ3v) is 18.5. The summed E-state index contributed by atoms with van der Waals surface area (Å²) in [7, 11) is 6.00. The number of carboxylic acids is 1. The molecule has 0 radical (unpaired) electrons. The Balaban J connectivity index is 3.94. The van der Waals surface area contributed by atoms with Crippen molar-refractivity contribution in [2.45, 2.75) is 437 Å². The molecule has 0 aliphatic heterocycles. The molecule has 89 heavy (non-hydrogen) atoms. The number of unbranched alkanes of at least 4 members (excludes halogenated alkanes) is 59. The zero-order chi connectivity index (χ0) is 64.7. The summed E-state index contributed by atoms with van der Waals surface area (Å²) in [6, 6.07) is 0. The van der Waals surface area contributed by atoms with Crippen LogP contribution in [0.15, 0.2) is 12.2 Å². The molecular weight excluding hydrogens is 1100 g/mol. The summed E-state index contributed by atoms with van der Waals surface area (Å²) in [4.78, 5) is 37.7. The van der Waals surface area contributed by atoms with Gasteiger partial charge in [0.2, 0.25) is 0 Å². The second kappa shape index (κ2) is 71.9. The van der Waals surface area contributed by atoms with Gasteiger partial charge in [0.15, 0.2) is 6.10 Å². The monoisotopic (exact) mass is 1260 g/mol. The first-order valence-electron chi connectivity index (χ1n) is 39.9. The van der Waals surface area contributed by atoms with Crippen LogP contribution < -0.4 is 0 Å². The predicted molar refractivity (Wildman–Crippen MR) is 383 cm³/mol. The summed E-state index contributed by atoms with van der Waals surface area (Å²) in [6.45, 7) is 4.97. The standard InChI is InChI=1S/C80H155NO8/c1-6-8-10-12-14-16-18-20-22-24-26-28-30-32-34-35-36-37-38-39-40-41-42-43-45-46-48-50-52-54-56-58-60-62-64-66-68-70-77(82)87-74-76(75-88-80(79(84)85)86-73-72-81(3,4)5)89-78(83)71-69-67-65-63-61-59-57-55-53-51-49-47-44-33-31-29-27-25-23-21-19-17-15-13-11-9-7-2/h25,27,76,80H,6-24,26,28-75H2,1-5H3/p+1/b27-25-. The third kappa shape index (κ3) is 73.3. The van der Waals surface area contributed by atoms with Gasteiger partial charge >= 0.3 is 17.9 Å². The van der Waals surface area contributed by atoms with Gasteiger partial charge in [-0.05, 0) is 38.5 Å². The number of carbonyl (C=O) groups is 3. The van der Waals surface area contributed by atoms with Gasteiger partial charge in [-0.15, -0.1) is 0 Å². The molecule has 0 fully saturated rings. The number of carbonyl (C=O) groups excluding carboxylic acids is 2. The van der Waals surface area contributed by atoms with Gasteiger partial charge in [-0.25, -0.2) is 4.79 Å². The second-order valence-corrected chi connectivity index (χ2v) is 28.7. The fraction of sp³-hybridized carbons (Fsp3) is 0.938. The first kappa shape index (κ1) is 87.0. The molecule has 0 bridgehead atoms. The molecule has 1 N–H and O–H groups in total. The van der Waals surface area contributed by atoms with Crippen molar-refractivity contribution in [1.82, 2.24) is 0 Å². The number of carboxylic acid groups (broad SMARTS) is 1. The van der Waals surface area contributed by atoms with E-state index in [0.29, 0.717) is 17.4 Å². The van der Waals surface area contributed by atoms with Gasteiger partial charge in [0.05, 0.1) is 34.4 Å². The molecule has 0 aromatic rings. The predicted octanol–water partition coefficient (Wildman–Crippen LogP) is 25.2. The first-order valence-corrected chi connectivity index (χ1v) is 39.9. The molecule has 9 heteroatoms. The molecule has 0 aromatic carbocycles. The van der Waals surface area contributed by atoms with E-state index in [0.717, 1.165) is 38.5 Å². The zero-order valence-corrected chi connectivity index (χ0v) is 60.6. The van der Waals surface area contributed by atoms with Crippen LogP contribution in [0.2, 0.25) is 0 Å². The average molecular weight is 1260 g/mol. The van der Waals surface area contributed by atoms with Gasteiger partial charge in [0, 0.05) is 12.8 Å². The Morgan fingerprint density at radius 3 is 0.831 bits per heavy atom. The molecule has 0 aliphatic carbocycles. The molecule has 0 amide bonds. The number of esters is 2. The molecular formula is C80H156NO8+. The Hall–Kier alpha value is -1.97. The Kier molecular flexibility index (Phi) is 70.3. The largest absolute Gasteiger partial charge is 0.477 e. The lowest BCUT2D eigenvalue weighted by molar-refractivity contribution is -0.870. The van der Waals surface area contributed by atoms with Crippen molar-refractivity contribution in [3.8, 4) is 0 Å². The van der Waals surface area contributed by atoms with Gasteiger partial charge in [0.1, 0.15) is 13.2 Å². The maximum Gasteiger partial charge on any atom is 0.361 e. The summed E-state index contributed by atoms with van der Waals surface area (Å²) in [6.07, 6.45) is 86.6. The van der Waals surface area contributed by atoms with Gasteiger partial charge < -0.3 is 28.5 Å². The van der Waals surface area contributed by atoms with Crippen molar-refractivity contribution in [3.05, 3.63) is 12.2 Å². The summed E-state index contributed by atoms with van der Waals surface area (Å²) in [5.74, 6) is -1.97. The van der Waals surface area contributed by atoms with E-state index in [-0.39, 0.29) is 38.2 Å². The first-order chi connectivity index (χ1) is 43.6. The molecule has 2 atom stereocenters. The van der Waals surface area contributed by atoms with E-state index in [4.69, 9.17) is 18.9 Å². The highest BCUT2D eigenvalue weighted by Crippen LogP contribution is 2.20. The number of hydrogen-bond acceptors (Lipinski definition) is 7. The fourth-order valence-electron chi connectivity index (χ4n) is 12.4. The van der Waals surface area contributed by atoms with Crippen LogP contribution in [-0.4, -0.2) is 87.4 Å². The van der Waals surface area contributed by atoms with Crippen molar-refractivity contribution < 1.29 is 42.9 Å². The lowest BCUT2D eigenvalue weighted by atomic mass is 10.0. The minimum Gasteiger partial charge on any atom is -0.477 e. The minimum absolute atomic E-state index is 0.174. The SMILES string of the molecule is CCCCCCCCCC/C=C\CCCCCCCCCCCCCCCCCC(=O)OC(COC(=O)CCCCCCCCCCCCCCCCCCCCCCCCCCCCCCCCCCCCCCC)COC(OCC[N+](C)(C)C)C(=O)O. The van der Waals surface area contributed by atoms with Crippen LogP contribution in [0.25, 0.3) is 0 Å². The van der Waals surface area contributed by atoms with E-state index in [1.54, 1.807) is 0 Å². The zero-order valence-electron chi connectivity index (χ0n) is 60.6. The Morgan fingerprint density at radius 1 is 0.326 bits per heavy atom. The number of hydrogen-bond donors (Lipinski definition) is 1. The summed E-state index contributed by atoms with van der Waals surface area (Å²) in [5, 5.41) is 9.77. The normalized spacial score (nSPS) is 12.6. The van der Waals surface area contributed by atoms with Crippen LogP contribution in [0.3, 0.4) is 0 Å². The van der Waals surface area contributed by atoms with Gasteiger partial charge in [-0.1, -0.05) is 386 Å². The number of quaternary nitrogens is 1. The summed E-state index contributed by atoms with van der Waals surface area (Å²) >= 11 is 0. The third-order valence-electron chi connectivity index (χ3n) is 18.5. The van der Waals surface area contributed by atoms with Gasteiger partial charge in [-0.3, -0.25) is 9.59 Å².